The molecule has 1 N–H and O–H groups in total. The molecule has 0 aromatic heterocycles. The van der Waals surface area contributed by atoms with Gasteiger partial charge in [-0.3, -0.25) is 19.7 Å². The normalized spacial score (nSPS) is 11.2. The van der Waals surface area contributed by atoms with E-state index in [4.69, 9.17) is 4.74 Å². The van der Waals surface area contributed by atoms with Gasteiger partial charge in [-0.05, 0) is 6.07 Å². The number of nitro benzene ring substituents is 1. The lowest BCUT2D eigenvalue weighted by Gasteiger charge is -2.18. The lowest BCUT2D eigenvalue weighted by molar-refractivity contribution is -0.384. The SMILES string of the molecule is COC(=O)CCC(=O)N[C@H](Cc1cc([N+](=O)[O-])ccc1OC)C(=O)OC. The first-order valence-corrected chi connectivity index (χ1v) is 7.57. The van der Waals surface area contributed by atoms with Gasteiger partial charge >= 0.3 is 11.9 Å². The predicted octanol–water partition coefficient (Wildman–Crippen LogP) is 0.757. The summed E-state index contributed by atoms with van der Waals surface area (Å²) >= 11 is 0. The van der Waals surface area contributed by atoms with Crippen molar-refractivity contribution in [2.45, 2.75) is 25.3 Å². The fraction of sp³-hybridized carbons (Fsp3) is 0.438. The Morgan fingerprint density at radius 1 is 1.15 bits per heavy atom. The summed E-state index contributed by atoms with van der Waals surface area (Å²) in [7, 11) is 3.74. The lowest BCUT2D eigenvalue weighted by atomic mass is 10.0. The molecule has 0 aliphatic rings. The van der Waals surface area contributed by atoms with E-state index in [0.717, 1.165) is 7.11 Å². The number of amides is 1. The van der Waals surface area contributed by atoms with Crippen LogP contribution in [-0.4, -0.2) is 50.1 Å². The Morgan fingerprint density at radius 3 is 2.38 bits per heavy atom. The number of non-ortho nitro benzene ring substituents is 1. The summed E-state index contributed by atoms with van der Waals surface area (Å²) in [5.41, 5.74) is 0.173. The Bertz CT molecular complexity index is 689. The highest BCUT2D eigenvalue weighted by atomic mass is 16.6. The van der Waals surface area contributed by atoms with Gasteiger partial charge in [0.1, 0.15) is 11.8 Å². The minimum atomic E-state index is -1.10. The average Bonchev–Trinajstić information content (AvgIpc) is 2.64. The van der Waals surface area contributed by atoms with E-state index in [-0.39, 0.29) is 24.9 Å². The largest absolute Gasteiger partial charge is 0.496 e. The number of hydrogen-bond acceptors (Lipinski definition) is 8. The van der Waals surface area contributed by atoms with Crippen LogP contribution in [0.1, 0.15) is 18.4 Å². The van der Waals surface area contributed by atoms with Crippen LogP contribution in [0.4, 0.5) is 5.69 Å². The number of nitrogens with one attached hydrogen (secondary N) is 1. The fourth-order valence-electron chi connectivity index (χ4n) is 2.18. The molecule has 0 aliphatic heterocycles. The second-order valence-corrected chi connectivity index (χ2v) is 5.18. The highest BCUT2D eigenvalue weighted by Gasteiger charge is 2.25. The van der Waals surface area contributed by atoms with Gasteiger partial charge in [-0.1, -0.05) is 0 Å². The number of nitro groups is 1. The van der Waals surface area contributed by atoms with E-state index in [1.54, 1.807) is 0 Å². The van der Waals surface area contributed by atoms with E-state index < -0.39 is 28.8 Å². The van der Waals surface area contributed by atoms with Crippen LogP contribution in [0, 0.1) is 10.1 Å². The van der Waals surface area contributed by atoms with E-state index >= 15 is 0 Å². The number of carbonyl (C=O) groups excluding carboxylic acids is 3. The molecular formula is C16H20N2O8. The second-order valence-electron chi connectivity index (χ2n) is 5.18. The van der Waals surface area contributed by atoms with E-state index in [2.05, 4.69) is 14.8 Å². The van der Waals surface area contributed by atoms with Crippen LogP contribution in [0.25, 0.3) is 0 Å². The number of hydrogen-bond donors (Lipinski definition) is 1. The van der Waals surface area contributed by atoms with Crippen molar-refractivity contribution in [3.05, 3.63) is 33.9 Å². The summed E-state index contributed by atoms with van der Waals surface area (Å²) in [6.45, 7) is 0. The first-order chi connectivity index (χ1) is 12.3. The van der Waals surface area contributed by atoms with Crippen LogP contribution < -0.4 is 10.1 Å². The van der Waals surface area contributed by atoms with Crippen molar-refractivity contribution >= 4 is 23.5 Å². The Balaban J connectivity index is 2.96. The van der Waals surface area contributed by atoms with Crippen LogP contribution >= 0.6 is 0 Å². The summed E-state index contributed by atoms with van der Waals surface area (Å²) in [5, 5.41) is 13.4. The van der Waals surface area contributed by atoms with Crippen LogP contribution in [0.15, 0.2) is 18.2 Å². The number of esters is 2. The summed E-state index contributed by atoms with van der Waals surface area (Å²) in [4.78, 5) is 45.4. The van der Waals surface area contributed by atoms with Crippen molar-refractivity contribution in [1.82, 2.24) is 5.32 Å². The maximum Gasteiger partial charge on any atom is 0.328 e. The molecule has 0 bridgehead atoms. The quantitative estimate of drug-likeness (QED) is 0.383. The minimum absolute atomic E-state index is 0.0819. The lowest BCUT2D eigenvalue weighted by Crippen LogP contribution is -2.43. The van der Waals surface area contributed by atoms with Crippen molar-refractivity contribution in [3.8, 4) is 5.75 Å². The third kappa shape index (κ3) is 6.04. The van der Waals surface area contributed by atoms with Gasteiger partial charge in [-0.2, -0.15) is 0 Å². The number of benzene rings is 1. The molecule has 1 aromatic rings. The second kappa shape index (κ2) is 9.97. The van der Waals surface area contributed by atoms with Crippen molar-refractivity contribution < 1.29 is 33.5 Å². The molecule has 0 unspecified atom stereocenters. The van der Waals surface area contributed by atoms with E-state index in [1.807, 2.05) is 0 Å². The van der Waals surface area contributed by atoms with Gasteiger partial charge in [0.2, 0.25) is 5.91 Å². The molecule has 0 saturated carbocycles. The Morgan fingerprint density at radius 2 is 1.85 bits per heavy atom. The highest BCUT2D eigenvalue weighted by molar-refractivity contribution is 5.86. The molecule has 0 radical (unpaired) electrons. The number of carbonyl (C=O) groups is 3. The Kier molecular flexibility index (Phi) is 8.00. The molecule has 0 spiro atoms. The van der Waals surface area contributed by atoms with Gasteiger partial charge in [0.15, 0.2) is 0 Å². The standard InChI is InChI=1S/C16H20N2O8/c1-24-13-5-4-11(18(22)23)8-10(13)9-12(16(21)26-3)17-14(19)6-7-15(20)25-2/h4-5,8,12H,6-7,9H2,1-3H3,(H,17,19)/t12-/m1/s1. The summed E-state index contributed by atoms with van der Waals surface area (Å²) in [6.07, 6.45) is -0.399. The smallest absolute Gasteiger partial charge is 0.328 e. The first-order valence-electron chi connectivity index (χ1n) is 7.57. The van der Waals surface area contributed by atoms with Crippen LogP contribution in [0.2, 0.25) is 0 Å². The molecule has 1 amide bonds. The molecular weight excluding hydrogens is 348 g/mol. The zero-order chi connectivity index (χ0) is 19.7. The van der Waals surface area contributed by atoms with Gasteiger partial charge in [0, 0.05) is 30.5 Å². The number of nitrogens with zero attached hydrogens (tertiary/aromatic N) is 1. The highest BCUT2D eigenvalue weighted by Crippen LogP contribution is 2.25. The monoisotopic (exact) mass is 368 g/mol. The molecule has 1 rings (SSSR count). The predicted molar refractivity (Wildman–Crippen MR) is 88.5 cm³/mol. The molecule has 26 heavy (non-hydrogen) atoms. The van der Waals surface area contributed by atoms with E-state index in [9.17, 15) is 24.5 Å². The molecule has 0 saturated heterocycles. The Labute approximate surface area is 149 Å². The molecule has 1 atom stereocenters. The summed E-state index contributed by atoms with van der Waals surface area (Å²) in [6, 6.07) is 2.83. The topological polar surface area (TPSA) is 134 Å². The third-order valence-electron chi connectivity index (χ3n) is 3.50. The van der Waals surface area contributed by atoms with Crippen molar-refractivity contribution in [2.24, 2.45) is 0 Å². The molecule has 0 heterocycles. The average molecular weight is 368 g/mol. The number of rotatable bonds is 9. The van der Waals surface area contributed by atoms with Gasteiger partial charge in [-0.15, -0.1) is 0 Å². The zero-order valence-electron chi connectivity index (χ0n) is 14.6. The maximum absolute atomic E-state index is 12.0. The third-order valence-corrected chi connectivity index (χ3v) is 3.50. The van der Waals surface area contributed by atoms with Gasteiger partial charge in [-0.25, -0.2) is 4.79 Å². The molecule has 1 aromatic carbocycles. The van der Waals surface area contributed by atoms with Crippen LogP contribution in [0.3, 0.4) is 0 Å². The fourth-order valence-corrected chi connectivity index (χ4v) is 2.18. The van der Waals surface area contributed by atoms with Crippen molar-refractivity contribution in [1.29, 1.82) is 0 Å². The number of ether oxygens (including phenoxy) is 3. The van der Waals surface area contributed by atoms with E-state index in [0.29, 0.717) is 11.3 Å². The first kappa shape index (κ1) is 20.9. The molecule has 10 nitrogen and oxygen atoms in total. The summed E-state index contributed by atoms with van der Waals surface area (Å²) in [5.74, 6) is -1.52. The van der Waals surface area contributed by atoms with Crippen molar-refractivity contribution in [2.75, 3.05) is 21.3 Å². The maximum atomic E-state index is 12.0. The number of methoxy groups -OCH3 is 3. The zero-order valence-corrected chi connectivity index (χ0v) is 14.6. The minimum Gasteiger partial charge on any atom is -0.496 e. The van der Waals surface area contributed by atoms with Crippen LogP contribution in [-0.2, 0) is 30.3 Å². The van der Waals surface area contributed by atoms with Gasteiger partial charge < -0.3 is 19.5 Å². The van der Waals surface area contributed by atoms with Crippen molar-refractivity contribution in [3.63, 3.8) is 0 Å². The summed E-state index contributed by atoms with van der Waals surface area (Å²) < 4.78 is 14.3. The molecule has 0 aliphatic carbocycles. The van der Waals surface area contributed by atoms with Crippen LogP contribution in [0.5, 0.6) is 5.75 Å². The molecule has 10 heteroatoms. The van der Waals surface area contributed by atoms with E-state index in [1.165, 1.54) is 32.4 Å². The molecule has 142 valence electrons. The van der Waals surface area contributed by atoms with Gasteiger partial charge in [0.05, 0.1) is 32.7 Å². The Hall–Kier alpha value is -3.17. The molecule has 0 fully saturated rings. The van der Waals surface area contributed by atoms with Gasteiger partial charge in [0.25, 0.3) is 5.69 Å².